The van der Waals surface area contributed by atoms with E-state index in [9.17, 15) is 4.79 Å². The molecule has 0 fully saturated rings. The highest BCUT2D eigenvalue weighted by Crippen LogP contribution is 2.31. The minimum atomic E-state index is -0.115. The van der Waals surface area contributed by atoms with Crippen LogP contribution in [0, 0.1) is 0 Å². The molecule has 0 radical (unpaired) electrons. The third-order valence-electron chi connectivity index (χ3n) is 3.22. The Kier molecular flexibility index (Phi) is 4.47. The number of aromatic nitrogens is 1. The van der Waals surface area contributed by atoms with Crippen molar-refractivity contribution in [2.45, 2.75) is 39.5 Å². The zero-order valence-corrected chi connectivity index (χ0v) is 14.0. The molecule has 0 N–H and O–H groups in total. The van der Waals surface area contributed by atoms with Crippen molar-refractivity contribution in [3.63, 3.8) is 0 Å². The highest BCUT2D eigenvalue weighted by atomic mass is 32.1. The van der Waals surface area contributed by atoms with E-state index in [4.69, 9.17) is 9.72 Å². The van der Waals surface area contributed by atoms with Crippen LogP contribution >= 0.6 is 11.3 Å². The van der Waals surface area contributed by atoms with Crippen molar-refractivity contribution in [2.24, 2.45) is 0 Å². The van der Waals surface area contributed by atoms with Gasteiger partial charge in [0.2, 0.25) is 0 Å². The number of carbonyl (C=O) groups excluding carboxylic acids is 1. The molecule has 3 nitrogen and oxygen atoms in total. The van der Waals surface area contributed by atoms with E-state index < -0.39 is 0 Å². The van der Waals surface area contributed by atoms with Crippen LogP contribution in [0.2, 0.25) is 0 Å². The number of carbonyl (C=O) groups is 1. The zero-order valence-electron chi connectivity index (χ0n) is 13.2. The molecular weight excluding hydrogens is 282 g/mol. The van der Waals surface area contributed by atoms with Gasteiger partial charge in [0.05, 0.1) is 22.7 Å². The van der Waals surface area contributed by atoms with Crippen molar-refractivity contribution in [1.29, 1.82) is 0 Å². The van der Waals surface area contributed by atoms with Gasteiger partial charge in [-0.25, -0.2) is 4.98 Å². The molecule has 0 aliphatic rings. The lowest BCUT2D eigenvalue weighted by Crippen LogP contribution is -2.15. The van der Waals surface area contributed by atoms with Crippen LogP contribution in [-0.2, 0) is 11.8 Å². The van der Waals surface area contributed by atoms with Crippen LogP contribution in [0.25, 0.3) is 0 Å². The van der Waals surface area contributed by atoms with Gasteiger partial charge in [-0.05, 0) is 17.7 Å². The van der Waals surface area contributed by atoms with Crippen molar-refractivity contribution in [1.82, 2.24) is 4.98 Å². The number of rotatable bonds is 4. The number of hydrogen-bond donors (Lipinski definition) is 0. The van der Waals surface area contributed by atoms with E-state index in [-0.39, 0.29) is 11.2 Å². The molecule has 112 valence electrons. The van der Waals surface area contributed by atoms with Gasteiger partial charge in [-0.3, -0.25) is 4.79 Å². The molecule has 21 heavy (non-hydrogen) atoms. The molecule has 0 aliphatic heterocycles. The second-order valence-electron chi connectivity index (χ2n) is 6.12. The normalized spacial score (nSPS) is 11.5. The first kappa shape index (κ1) is 15.7. The Bertz CT molecular complexity index is 636. The molecule has 2 aromatic rings. The van der Waals surface area contributed by atoms with E-state index in [0.717, 1.165) is 27.7 Å². The molecule has 0 saturated heterocycles. The molecule has 0 atom stereocenters. The van der Waals surface area contributed by atoms with Gasteiger partial charge in [-0.15, -0.1) is 11.3 Å². The summed E-state index contributed by atoms with van der Waals surface area (Å²) in [6, 6.07) is 7.95. The van der Waals surface area contributed by atoms with Crippen molar-refractivity contribution in [2.75, 3.05) is 7.11 Å². The Morgan fingerprint density at radius 2 is 1.86 bits per heavy atom. The number of ether oxygens (including phenoxy) is 1. The SMILES string of the molecule is COc1ccc(Cc2nc(C(C)(C)C)c(C(C)=O)s2)cc1. The molecule has 1 aromatic carbocycles. The summed E-state index contributed by atoms with van der Waals surface area (Å²) in [5, 5.41) is 0.982. The molecule has 0 aliphatic carbocycles. The zero-order chi connectivity index (χ0) is 15.6. The van der Waals surface area contributed by atoms with E-state index in [1.165, 1.54) is 16.9 Å². The lowest BCUT2D eigenvalue weighted by atomic mass is 9.90. The molecule has 0 spiro atoms. The Hall–Kier alpha value is -1.68. The lowest BCUT2D eigenvalue weighted by Gasteiger charge is -2.16. The van der Waals surface area contributed by atoms with Crippen LogP contribution in [0.4, 0.5) is 0 Å². The standard InChI is InChI=1S/C17H21NO2S/c1-11(19)15-16(17(2,3)4)18-14(21-15)10-12-6-8-13(20-5)9-7-12/h6-9H,10H2,1-5H3. The van der Waals surface area contributed by atoms with Gasteiger partial charge in [0.1, 0.15) is 5.75 Å². The number of nitrogens with zero attached hydrogens (tertiary/aromatic N) is 1. The Labute approximate surface area is 130 Å². The topological polar surface area (TPSA) is 39.2 Å². The first-order valence-corrected chi connectivity index (χ1v) is 7.77. The van der Waals surface area contributed by atoms with Gasteiger partial charge in [-0.1, -0.05) is 32.9 Å². The van der Waals surface area contributed by atoms with Crippen LogP contribution in [0.15, 0.2) is 24.3 Å². The Balaban J connectivity index is 2.30. The molecule has 0 unspecified atom stereocenters. The highest BCUT2D eigenvalue weighted by Gasteiger charge is 2.25. The molecule has 1 aromatic heterocycles. The van der Waals surface area contributed by atoms with Crippen LogP contribution in [0.1, 0.15) is 53.6 Å². The molecular formula is C17H21NO2S. The third-order valence-corrected chi connectivity index (χ3v) is 4.37. The smallest absolute Gasteiger partial charge is 0.171 e. The van der Waals surface area contributed by atoms with Gasteiger partial charge in [-0.2, -0.15) is 0 Å². The molecule has 0 bridgehead atoms. The van der Waals surface area contributed by atoms with Crippen molar-refractivity contribution < 1.29 is 9.53 Å². The van der Waals surface area contributed by atoms with Crippen molar-refractivity contribution >= 4 is 17.1 Å². The van der Waals surface area contributed by atoms with E-state index in [2.05, 4.69) is 20.8 Å². The maximum absolute atomic E-state index is 11.8. The number of Topliss-reactive ketones (excluding diaryl/α,β-unsaturated/α-hetero) is 1. The molecule has 1 heterocycles. The van der Waals surface area contributed by atoms with Gasteiger partial charge in [0.15, 0.2) is 5.78 Å². The van der Waals surface area contributed by atoms with Crippen LogP contribution in [0.5, 0.6) is 5.75 Å². The second-order valence-corrected chi connectivity index (χ2v) is 7.20. The summed E-state index contributed by atoms with van der Waals surface area (Å²) in [6.07, 6.45) is 0.741. The highest BCUT2D eigenvalue weighted by molar-refractivity contribution is 7.13. The van der Waals surface area contributed by atoms with E-state index in [1.54, 1.807) is 14.0 Å². The largest absolute Gasteiger partial charge is 0.497 e. The summed E-state index contributed by atoms with van der Waals surface area (Å²) in [6.45, 7) is 7.88. The quantitative estimate of drug-likeness (QED) is 0.793. The second kappa shape index (κ2) is 5.98. The van der Waals surface area contributed by atoms with Crippen molar-refractivity contribution in [3.8, 4) is 5.75 Å². The molecule has 4 heteroatoms. The average molecular weight is 303 g/mol. The fourth-order valence-electron chi connectivity index (χ4n) is 2.10. The predicted octanol–water partition coefficient (Wildman–Crippen LogP) is 4.24. The van der Waals surface area contributed by atoms with Crippen LogP contribution in [0.3, 0.4) is 0 Å². The number of methoxy groups -OCH3 is 1. The van der Waals surface area contributed by atoms with Gasteiger partial charge >= 0.3 is 0 Å². The number of thiazole rings is 1. The Morgan fingerprint density at radius 3 is 2.29 bits per heavy atom. The van der Waals surface area contributed by atoms with E-state index >= 15 is 0 Å². The minimum Gasteiger partial charge on any atom is -0.497 e. The Morgan fingerprint density at radius 1 is 1.24 bits per heavy atom. The van der Waals surface area contributed by atoms with Gasteiger partial charge in [0, 0.05) is 18.8 Å². The molecule has 0 amide bonds. The summed E-state index contributed by atoms with van der Waals surface area (Å²) in [4.78, 5) is 17.3. The number of benzene rings is 1. The van der Waals surface area contributed by atoms with E-state index in [0.29, 0.717) is 0 Å². The van der Waals surface area contributed by atoms with Gasteiger partial charge in [0.25, 0.3) is 0 Å². The fraction of sp³-hybridized carbons (Fsp3) is 0.412. The maximum atomic E-state index is 11.8. The predicted molar refractivity (Wildman–Crippen MR) is 86.6 cm³/mol. The number of ketones is 1. The first-order chi connectivity index (χ1) is 9.81. The lowest BCUT2D eigenvalue weighted by molar-refractivity contribution is 0.101. The number of hydrogen-bond acceptors (Lipinski definition) is 4. The minimum absolute atomic E-state index is 0.0957. The van der Waals surface area contributed by atoms with Crippen LogP contribution in [-0.4, -0.2) is 17.9 Å². The maximum Gasteiger partial charge on any atom is 0.171 e. The summed E-state index contributed by atoms with van der Waals surface area (Å²) in [7, 11) is 1.66. The fourth-order valence-corrected chi connectivity index (χ4v) is 3.31. The summed E-state index contributed by atoms with van der Waals surface area (Å²) in [5.41, 5.74) is 1.96. The first-order valence-electron chi connectivity index (χ1n) is 6.95. The monoisotopic (exact) mass is 303 g/mol. The van der Waals surface area contributed by atoms with E-state index in [1.807, 2.05) is 24.3 Å². The summed E-state index contributed by atoms with van der Waals surface area (Å²) in [5.74, 6) is 0.941. The molecule has 0 saturated carbocycles. The average Bonchev–Trinajstić information content (AvgIpc) is 2.84. The summed E-state index contributed by atoms with van der Waals surface area (Å²) < 4.78 is 5.16. The van der Waals surface area contributed by atoms with Gasteiger partial charge < -0.3 is 4.74 Å². The molecule has 2 rings (SSSR count). The van der Waals surface area contributed by atoms with Crippen LogP contribution < -0.4 is 4.74 Å². The summed E-state index contributed by atoms with van der Waals surface area (Å²) >= 11 is 1.51. The van der Waals surface area contributed by atoms with Crippen molar-refractivity contribution in [3.05, 3.63) is 45.4 Å². The third kappa shape index (κ3) is 3.70.